The van der Waals surface area contributed by atoms with Crippen molar-refractivity contribution >= 4 is 27.6 Å². The first kappa shape index (κ1) is 15.4. The van der Waals surface area contributed by atoms with Gasteiger partial charge in [-0.3, -0.25) is 0 Å². The number of methoxy groups -OCH3 is 1. The topological polar surface area (TPSA) is 49.8 Å². The Morgan fingerprint density at radius 3 is 2.48 bits per heavy atom. The number of ether oxygens (including phenoxy) is 1. The highest BCUT2D eigenvalue weighted by molar-refractivity contribution is 9.10. The van der Waals surface area contributed by atoms with E-state index in [0.29, 0.717) is 12.2 Å². The molecule has 0 atom stereocenters. The maximum atomic E-state index is 11.3. The maximum absolute atomic E-state index is 11.3. The Morgan fingerprint density at radius 1 is 1.24 bits per heavy atom. The lowest BCUT2D eigenvalue weighted by Gasteiger charge is -2.21. The van der Waals surface area contributed by atoms with Gasteiger partial charge in [-0.2, -0.15) is 0 Å². The van der Waals surface area contributed by atoms with Gasteiger partial charge in [0.1, 0.15) is 5.75 Å². The minimum absolute atomic E-state index is 0.286. The van der Waals surface area contributed by atoms with Gasteiger partial charge in [-0.25, -0.2) is 4.79 Å². The van der Waals surface area contributed by atoms with E-state index < -0.39 is 5.97 Å². The predicted molar refractivity (Wildman–Crippen MR) is 86.2 cm³/mol. The zero-order valence-electron chi connectivity index (χ0n) is 11.8. The van der Waals surface area contributed by atoms with Crippen molar-refractivity contribution in [1.29, 1.82) is 0 Å². The molecule has 5 heteroatoms. The monoisotopic (exact) mass is 349 g/mol. The fourth-order valence-electron chi connectivity index (χ4n) is 2.09. The van der Waals surface area contributed by atoms with Crippen molar-refractivity contribution in [3.8, 4) is 5.75 Å². The van der Waals surface area contributed by atoms with Gasteiger partial charge in [-0.1, -0.05) is 28.1 Å². The second-order valence-electron chi connectivity index (χ2n) is 4.67. The van der Waals surface area contributed by atoms with Crippen LogP contribution in [0.15, 0.2) is 46.9 Å². The van der Waals surface area contributed by atoms with Crippen LogP contribution in [0.4, 0.5) is 5.69 Å². The van der Waals surface area contributed by atoms with E-state index in [0.717, 1.165) is 15.8 Å². The van der Waals surface area contributed by atoms with Crippen molar-refractivity contribution < 1.29 is 14.6 Å². The molecule has 0 spiro atoms. The molecule has 4 nitrogen and oxygen atoms in total. The van der Waals surface area contributed by atoms with Crippen LogP contribution in [-0.4, -0.2) is 25.2 Å². The van der Waals surface area contributed by atoms with Crippen molar-refractivity contribution in [3.05, 3.63) is 58.1 Å². The molecule has 0 saturated heterocycles. The van der Waals surface area contributed by atoms with Crippen LogP contribution in [0.25, 0.3) is 0 Å². The number of hydrogen-bond donors (Lipinski definition) is 1. The molecule has 1 N–H and O–H groups in total. The Labute approximate surface area is 132 Å². The fraction of sp³-hybridized carbons (Fsp3) is 0.188. The highest BCUT2D eigenvalue weighted by Crippen LogP contribution is 2.26. The summed E-state index contributed by atoms with van der Waals surface area (Å²) >= 11 is 3.38. The fourth-order valence-corrected chi connectivity index (χ4v) is 2.44. The highest BCUT2D eigenvalue weighted by Gasteiger charge is 2.14. The average molecular weight is 350 g/mol. The summed E-state index contributed by atoms with van der Waals surface area (Å²) in [4.78, 5) is 13.2. The van der Waals surface area contributed by atoms with Crippen LogP contribution in [0.3, 0.4) is 0 Å². The number of anilines is 1. The quantitative estimate of drug-likeness (QED) is 0.891. The molecule has 2 aromatic rings. The van der Waals surface area contributed by atoms with E-state index in [1.165, 1.54) is 0 Å². The lowest BCUT2D eigenvalue weighted by molar-refractivity contribution is 0.0697. The number of carboxylic acids is 1. The zero-order chi connectivity index (χ0) is 15.4. The van der Waals surface area contributed by atoms with Gasteiger partial charge in [0.15, 0.2) is 0 Å². The van der Waals surface area contributed by atoms with Crippen LogP contribution in [0.2, 0.25) is 0 Å². The summed E-state index contributed by atoms with van der Waals surface area (Å²) in [6.07, 6.45) is 0. The van der Waals surface area contributed by atoms with E-state index >= 15 is 0 Å². The molecule has 0 aliphatic heterocycles. The maximum Gasteiger partial charge on any atom is 0.337 e. The molecule has 0 aliphatic rings. The molecule has 0 fully saturated rings. The molecule has 0 saturated carbocycles. The molecule has 2 rings (SSSR count). The number of hydrogen-bond acceptors (Lipinski definition) is 3. The van der Waals surface area contributed by atoms with Crippen molar-refractivity contribution in [2.24, 2.45) is 0 Å². The number of rotatable bonds is 5. The van der Waals surface area contributed by atoms with E-state index in [-0.39, 0.29) is 5.56 Å². The number of halogens is 1. The van der Waals surface area contributed by atoms with Crippen molar-refractivity contribution in [1.82, 2.24) is 0 Å². The molecule has 0 aromatic heterocycles. The second kappa shape index (κ2) is 6.63. The summed E-state index contributed by atoms with van der Waals surface area (Å²) in [5.74, 6) is -0.130. The number of nitrogens with zero attached hydrogens (tertiary/aromatic N) is 1. The van der Waals surface area contributed by atoms with Gasteiger partial charge in [0.2, 0.25) is 0 Å². The number of carbonyl (C=O) groups is 1. The van der Waals surface area contributed by atoms with Gasteiger partial charge in [-0.15, -0.1) is 0 Å². The van der Waals surface area contributed by atoms with E-state index in [1.54, 1.807) is 19.2 Å². The molecule has 0 unspecified atom stereocenters. The molecule has 2 aromatic carbocycles. The summed E-state index contributed by atoms with van der Waals surface area (Å²) < 4.78 is 5.98. The van der Waals surface area contributed by atoms with Crippen LogP contribution in [0.1, 0.15) is 15.9 Å². The molecule has 0 heterocycles. The van der Waals surface area contributed by atoms with Crippen LogP contribution in [-0.2, 0) is 6.54 Å². The minimum Gasteiger partial charge on any atom is -0.497 e. The smallest absolute Gasteiger partial charge is 0.337 e. The Hall–Kier alpha value is -2.01. The second-order valence-corrected chi connectivity index (χ2v) is 5.59. The lowest BCUT2D eigenvalue weighted by atomic mass is 10.1. The molecule has 0 radical (unpaired) electrons. The summed E-state index contributed by atoms with van der Waals surface area (Å²) in [5, 5.41) is 9.28. The van der Waals surface area contributed by atoms with Crippen LogP contribution < -0.4 is 9.64 Å². The number of carboxylic acid groups (broad SMARTS) is 1. The Morgan fingerprint density at radius 2 is 1.90 bits per heavy atom. The van der Waals surface area contributed by atoms with Gasteiger partial charge in [0.25, 0.3) is 0 Å². The van der Waals surface area contributed by atoms with E-state index in [9.17, 15) is 9.90 Å². The summed E-state index contributed by atoms with van der Waals surface area (Å²) in [5.41, 5.74) is 2.04. The summed E-state index contributed by atoms with van der Waals surface area (Å²) in [6, 6.07) is 12.9. The first-order chi connectivity index (χ1) is 10.0. The largest absolute Gasteiger partial charge is 0.497 e. The standard InChI is InChI=1S/C16H16BrNO3/c1-18(10-11-3-6-13(21-2)7-4-11)15-9-12(17)5-8-14(15)16(19)20/h3-9H,10H2,1-2H3,(H,19,20). The van der Waals surface area contributed by atoms with Gasteiger partial charge >= 0.3 is 5.97 Å². The zero-order valence-corrected chi connectivity index (χ0v) is 13.4. The Bertz CT molecular complexity index is 640. The third kappa shape index (κ3) is 3.76. The van der Waals surface area contributed by atoms with Crippen molar-refractivity contribution in [3.63, 3.8) is 0 Å². The van der Waals surface area contributed by atoms with Gasteiger partial charge in [-0.05, 0) is 35.9 Å². The van der Waals surface area contributed by atoms with Gasteiger partial charge < -0.3 is 14.7 Å². The molecular formula is C16H16BrNO3. The van der Waals surface area contributed by atoms with Gasteiger partial charge in [0.05, 0.1) is 18.4 Å². The average Bonchev–Trinajstić information content (AvgIpc) is 2.47. The van der Waals surface area contributed by atoms with Crippen molar-refractivity contribution in [2.45, 2.75) is 6.54 Å². The SMILES string of the molecule is COc1ccc(CN(C)c2cc(Br)ccc2C(=O)O)cc1. The van der Waals surface area contributed by atoms with E-state index in [1.807, 2.05) is 42.3 Å². The predicted octanol–water partition coefficient (Wildman–Crippen LogP) is 3.79. The first-order valence-electron chi connectivity index (χ1n) is 6.38. The minimum atomic E-state index is -0.931. The van der Waals surface area contributed by atoms with Crippen LogP contribution in [0, 0.1) is 0 Å². The first-order valence-corrected chi connectivity index (χ1v) is 7.17. The molecule has 0 aliphatic carbocycles. The molecule has 110 valence electrons. The Kier molecular flexibility index (Phi) is 4.85. The van der Waals surface area contributed by atoms with E-state index in [2.05, 4.69) is 15.9 Å². The molecule has 0 bridgehead atoms. The third-order valence-electron chi connectivity index (χ3n) is 3.18. The van der Waals surface area contributed by atoms with Gasteiger partial charge in [0, 0.05) is 18.1 Å². The summed E-state index contributed by atoms with van der Waals surface area (Å²) in [7, 11) is 3.50. The van der Waals surface area contributed by atoms with Crippen molar-refractivity contribution in [2.75, 3.05) is 19.1 Å². The van der Waals surface area contributed by atoms with Crippen LogP contribution in [0.5, 0.6) is 5.75 Å². The number of benzene rings is 2. The Balaban J connectivity index is 2.24. The number of aromatic carboxylic acids is 1. The van der Waals surface area contributed by atoms with Crippen LogP contribution >= 0.6 is 15.9 Å². The third-order valence-corrected chi connectivity index (χ3v) is 3.67. The van der Waals surface area contributed by atoms with E-state index in [4.69, 9.17) is 4.74 Å². The highest BCUT2D eigenvalue weighted by atomic mass is 79.9. The lowest BCUT2D eigenvalue weighted by Crippen LogP contribution is -2.19. The summed E-state index contributed by atoms with van der Waals surface area (Å²) in [6.45, 7) is 0.612. The normalized spacial score (nSPS) is 10.2. The molecular weight excluding hydrogens is 334 g/mol. The molecule has 21 heavy (non-hydrogen) atoms. The molecule has 0 amide bonds.